The average Bonchev–Trinajstić information content (AvgIpc) is 2.79. The van der Waals surface area contributed by atoms with E-state index in [1.54, 1.807) is 24.5 Å². The van der Waals surface area contributed by atoms with Gasteiger partial charge < -0.3 is 5.11 Å². The van der Waals surface area contributed by atoms with E-state index in [1.807, 2.05) is 62.4 Å². The van der Waals surface area contributed by atoms with Crippen LogP contribution >= 0.6 is 0 Å². The third-order valence-corrected chi connectivity index (χ3v) is 4.18. The maximum absolute atomic E-state index is 10.5. The van der Waals surface area contributed by atoms with E-state index in [2.05, 4.69) is 19.9 Å². The molecule has 0 amide bonds. The molecule has 0 saturated heterocycles. The Balaban J connectivity index is 0.000000172. The zero-order valence-corrected chi connectivity index (χ0v) is 16.9. The van der Waals surface area contributed by atoms with Gasteiger partial charge in [0.1, 0.15) is 5.69 Å². The normalized spacial score (nSPS) is 10.1. The Morgan fingerprint density at radius 1 is 0.767 bits per heavy atom. The van der Waals surface area contributed by atoms with Crippen molar-refractivity contribution in [1.29, 1.82) is 0 Å². The minimum atomic E-state index is -0.0412. The zero-order valence-electron chi connectivity index (χ0n) is 16.9. The molecule has 0 aliphatic rings. The van der Waals surface area contributed by atoms with Crippen molar-refractivity contribution < 1.29 is 9.90 Å². The predicted octanol–water partition coefficient (Wildman–Crippen LogP) is 4.21. The monoisotopic (exact) mass is 398 g/mol. The Hall–Kier alpha value is -3.77. The molecular weight excluding hydrogens is 376 g/mol. The summed E-state index contributed by atoms with van der Waals surface area (Å²) >= 11 is 0. The van der Waals surface area contributed by atoms with Gasteiger partial charge in [-0.2, -0.15) is 0 Å². The Bertz CT molecular complexity index is 1130. The van der Waals surface area contributed by atoms with Crippen molar-refractivity contribution in [2.24, 2.45) is 0 Å². The van der Waals surface area contributed by atoms with Crippen LogP contribution in [-0.2, 0) is 6.61 Å². The van der Waals surface area contributed by atoms with E-state index in [1.165, 1.54) is 0 Å². The van der Waals surface area contributed by atoms with Crippen LogP contribution in [0.2, 0.25) is 0 Å². The molecule has 0 bridgehead atoms. The first-order valence-electron chi connectivity index (χ1n) is 9.44. The quantitative estimate of drug-likeness (QED) is 0.518. The van der Waals surface area contributed by atoms with Crippen LogP contribution in [-0.4, -0.2) is 31.3 Å². The lowest BCUT2D eigenvalue weighted by Gasteiger charge is -2.05. The maximum Gasteiger partial charge on any atom is 0.168 e. The van der Waals surface area contributed by atoms with Crippen molar-refractivity contribution in [3.05, 3.63) is 95.6 Å². The number of aromatic nitrogens is 4. The SMILES string of the molecule is Cc1ccnc(-c2cc(C)cc(CO)n2)c1.O=Cc1cccc(-c2ccccn2)n1. The molecule has 1 N–H and O–H groups in total. The van der Waals surface area contributed by atoms with Gasteiger partial charge >= 0.3 is 0 Å². The van der Waals surface area contributed by atoms with Crippen molar-refractivity contribution in [3.63, 3.8) is 0 Å². The molecule has 0 atom stereocenters. The Labute approximate surface area is 175 Å². The van der Waals surface area contributed by atoms with Crippen molar-refractivity contribution >= 4 is 6.29 Å². The number of nitrogens with zero attached hydrogens (tertiary/aromatic N) is 4. The van der Waals surface area contributed by atoms with Crippen LogP contribution in [0.5, 0.6) is 0 Å². The number of aliphatic hydroxyl groups excluding tert-OH is 1. The van der Waals surface area contributed by atoms with E-state index in [4.69, 9.17) is 5.11 Å². The minimum absolute atomic E-state index is 0.0412. The molecule has 0 aliphatic carbocycles. The van der Waals surface area contributed by atoms with Crippen molar-refractivity contribution in [2.45, 2.75) is 20.5 Å². The number of pyridine rings is 4. The second-order valence-electron chi connectivity index (χ2n) is 6.68. The zero-order chi connectivity index (χ0) is 21.3. The van der Waals surface area contributed by atoms with Gasteiger partial charge in [0, 0.05) is 12.4 Å². The molecule has 0 spiro atoms. The van der Waals surface area contributed by atoms with E-state index in [9.17, 15) is 4.79 Å². The van der Waals surface area contributed by atoms with Gasteiger partial charge in [-0.25, -0.2) is 9.97 Å². The molecule has 4 heterocycles. The van der Waals surface area contributed by atoms with Gasteiger partial charge in [-0.1, -0.05) is 12.1 Å². The summed E-state index contributed by atoms with van der Waals surface area (Å²) in [5.41, 5.74) is 6.49. The molecule has 0 fully saturated rings. The van der Waals surface area contributed by atoms with Crippen LogP contribution < -0.4 is 0 Å². The number of aryl methyl sites for hydroxylation is 2. The van der Waals surface area contributed by atoms with Crippen LogP contribution in [0.15, 0.2) is 73.1 Å². The van der Waals surface area contributed by atoms with E-state index in [0.29, 0.717) is 11.4 Å². The van der Waals surface area contributed by atoms with Crippen LogP contribution in [0.1, 0.15) is 27.3 Å². The fourth-order valence-corrected chi connectivity index (χ4v) is 2.80. The number of aldehydes is 1. The summed E-state index contributed by atoms with van der Waals surface area (Å²) in [7, 11) is 0. The van der Waals surface area contributed by atoms with Gasteiger partial charge in [-0.3, -0.25) is 14.8 Å². The fraction of sp³-hybridized carbons (Fsp3) is 0.125. The summed E-state index contributed by atoms with van der Waals surface area (Å²) in [4.78, 5) is 27.4. The number of hydrogen-bond acceptors (Lipinski definition) is 6. The molecular formula is C24H22N4O2. The lowest BCUT2D eigenvalue weighted by molar-refractivity contribution is 0.111. The Morgan fingerprint density at radius 2 is 1.53 bits per heavy atom. The minimum Gasteiger partial charge on any atom is -0.390 e. The molecule has 4 aromatic rings. The van der Waals surface area contributed by atoms with E-state index >= 15 is 0 Å². The lowest BCUT2D eigenvalue weighted by atomic mass is 10.1. The number of rotatable bonds is 4. The van der Waals surface area contributed by atoms with Gasteiger partial charge in [0.25, 0.3) is 0 Å². The van der Waals surface area contributed by atoms with Crippen molar-refractivity contribution in [3.8, 4) is 22.8 Å². The van der Waals surface area contributed by atoms with Gasteiger partial charge in [0.05, 0.1) is 35.1 Å². The maximum atomic E-state index is 10.5. The van der Waals surface area contributed by atoms with E-state index < -0.39 is 0 Å². The molecule has 30 heavy (non-hydrogen) atoms. The van der Waals surface area contributed by atoms with Gasteiger partial charge in [-0.05, 0) is 73.5 Å². The topological polar surface area (TPSA) is 88.9 Å². The number of carbonyl (C=O) groups is 1. The highest BCUT2D eigenvalue weighted by Crippen LogP contribution is 2.18. The smallest absolute Gasteiger partial charge is 0.168 e. The first kappa shape index (κ1) is 21.0. The van der Waals surface area contributed by atoms with Gasteiger partial charge in [0.2, 0.25) is 0 Å². The van der Waals surface area contributed by atoms with Crippen LogP contribution in [0, 0.1) is 13.8 Å². The molecule has 4 rings (SSSR count). The third kappa shape index (κ3) is 5.62. The van der Waals surface area contributed by atoms with Gasteiger partial charge in [-0.15, -0.1) is 0 Å². The highest BCUT2D eigenvalue weighted by molar-refractivity contribution is 5.73. The molecule has 0 radical (unpaired) electrons. The summed E-state index contributed by atoms with van der Waals surface area (Å²) < 4.78 is 0. The lowest BCUT2D eigenvalue weighted by Crippen LogP contribution is -1.95. The van der Waals surface area contributed by atoms with Gasteiger partial charge in [0.15, 0.2) is 6.29 Å². The summed E-state index contributed by atoms with van der Waals surface area (Å²) in [5.74, 6) is 0. The summed E-state index contributed by atoms with van der Waals surface area (Å²) in [6.07, 6.45) is 4.20. The summed E-state index contributed by atoms with van der Waals surface area (Å²) in [6, 6.07) is 18.7. The number of hydrogen-bond donors (Lipinski definition) is 1. The van der Waals surface area contributed by atoms with E-state index in [-0.39, 0.29) is 6.61 Å². The van der Waals surface area contributed by atoms with E-state index in [0.717, 1.165) is 40.2 Å². The molecule has 0 aromatic carbocycles. The molecule has 0 aliphatic heterocycles. The summed E-state index contributed by atoms with van der Waals surface area (Å²) in [5, 5.41) is 9.11. The van der Waals surface area contributed by atoms with Crippen molar-refractivity contribution in [2.75, 3.05) is 0 Å². The van der Waals surface area contributed by atoms with Crippen LogP contribution in [0.3, 0.4) is 0 Å². The second kappa shape index (κ2) is 10.1. The predicted molar refractivity (Wildman–Crippen MR) is 116 cm³/mol. The van der Waals surface area contributed by atoms with Crippen LogP contribution in [0.25, 0.3) is 22.8 Å². The molecule has 6 nitrogen and oxygen atoms in total. The largest absolute Gasteiger partial charge is 0.390 e. The second-order valence-corrected chi connectivity index (χ2v) is 6.68. The highest BCUT2D eigenvalue weighted by Gasteiger charge is 2.04. The highest BCUT2D eigenvalue weighted by atomic mass is 16.3. The Morgan fingerprint density at radius 3 is 2.23 bits per heavy atom. The Kier molecular flexibility index (Phi) is 7.08. The van der Waals surface area contributed by atoms with Crippen molar-refractivity contribution in [1.82, 2.24) is 19.9 Å². The molecule has 6 heteroatoms. The fourth-order valence-electron chi connectivity index (χ4n) is 2.80. The van der Waals surface area contributed by atoms with Crippen LogP contribution in [0.4, 0.5) is 0 Å². The number of carbonyl (C=O) groups excluding carboxylic acids is 1. The standard InChI is InChI=1S/C13H14N2O.C11H8N2O/c1-9-3-4-14-12(6-9)13-7-10(2)5-11(8-16)15-13;14-8-9-4-3-6-11(13-9)10-5-1-2-7-12-10/h3-7,16H,8H2,1-2H3;1-8H. The third-order valence-electron chi connectivity index (χ3n) is 4.18. The molecule has 0 saturated carbocycles. The molecule has 4 aromatic heterocycles. The molecule has 0 unspecified atom stereocenters. The first-order valence-corrected chi connectivity index (χ1v) is 9.44. The average molecular weight is 398 g/mol. The first-order chi connectivity index (χ1) is 14.6. The number of aliphatic hydroxyl groups is 1. The summed E-state index contributed by atoms with van der Waals surface area (Å²) in [6.45, 7) is 3.97. The molecule has 150 valence electrons.